The zero-order chi connectivity index (χ0) is 13.7. The first-order chi connectivity index (χ1) is 7.52. The molecule has 0 aromatic rings. The van der Waals surface area contributed by atoms with Crippen molar-refractivity contribution in [2.24, 2.45) is 5.41 Å². The predicted molar refractivity (Wildman–Crippen MR) is 68.8 cm³/mol. The Hall–Kier alpha value is -0.860. The second-order valence-corrected chi connectivity index (χ2v) is 6.47. The van der Waals surface area contributed by atoms with Gasteiger partial charge in [-0.15, -0.1) is 0 Å². The maximum atomic E-state index is 11.6. The van der Waals surface area contributed by atoms with Crippen molar-refractivity contribution in [1.29, 1.82) is 0 Å². The van der Waals surface area contributed by atoms with Crippen molar-refractivity contribution in [3.8, 4) is 0 Å². The van der Waals surface area contributed by atoms with Gasteiger partial charge in [-0.1, -0.05) is 20.8 Å². The minimum absolute atomic E-state index is 0.180. The average molecular weight is 242 g/mol. The molecule has 0 radical (unpaired) electrons. The van der Waals surface area contributed by atoms with Crippen LogP contribution >= 0.6 is 0 Å². The lowest BCUT2D eigenvalue weighted by molar-refractivity contribution is -0.155. The van der Waals surface area contributed by atoms with Crippen molar-refractivity contribution < 1.29 is 14.3 Å². The van der Waals surface area contributed by atoms with Crippen molar-refractivity contribution in [3.05, 3.63) is 0 Å². The van der Waals surface area contributed by atoms with E-state index in [0.717, 1.165) is 12.8 Å². The molecule has 3 heteroatoms. The normalized spacial score (nSPS) is 12.4. The molecule has 0 bridgehead atoms. The maximum Gasteiger partial charge on any atom is 0.306 e. The number of hydrogen-bond donors (Lipinski definition) is 0. The van der Waals surface area contributed by atoms with Crippen LogP contribution in [-0.4, -0.2) is 17.4 Å². The van der Waals surface area contributed by atoms with Gasteiger partial charge in [-0.2, -0.15) is 0 Å². The van der Waals surface area contributed by atoms with Gasteiger partial charge in [0, 0.05) is 18.3 Å². The van der Waals surface area contributed by atoms with Crippen molar-refractivity contribution in [2.45, 2.75) is 72.8 Å². The number of esters is 1. The van der Waals surface area contributed by atoms with Gasteiger partial charge in [0.15, 0.2) is 0 Å². The van der Waals surface area contributed by atoms with Gasteiger partial charge >= 0.3 is 5.97 Å². The summed E-state index contributed by atoms with van der Waals surface area (Å²) < 4.78 is 5.19. The Bertz CT molecular complexity index is 266. The molecule has 0 aliphatic heterocycles. The van der Waals surface area contributed by atoms with Crippen molar-refractivity contribution in [1.82, 2.24) is 0 Å². The molecule has 0 saturated carbocycles. The number of hydrogen-bond acceptors (Lipinski definition) is 3. The summed E-state index contributed by atoms with van der Waals surface area (Å²) in [5, 5.41) is 0. The Morgan fingerprint density at radius 2 is 1.35 bits per heavy atom. The molecule has 0 rings (SSSR count). The lowest BCUT2D eigenvalue weighted by Gasteiger charge is -2.19. The molecule has 0 fully saturated rings. The molecular weight excluding hydrogens is 216 g/mol. The van der Waals surface area contributed by atoms with Gasteiger partial charge in [-0.05, 0) is 33.6 Å². The fraction of sp³-hybridized carbons (Fsp3) is 0.857. The van der Waals surface area contributed by atoms with E-state index in [1.54, 1.807) is 0 Å². The van der Waals surface area contributed by atoms with Crippen LogP contribution in [0.15, 0.2) is 0 Å². The summed E-state index contributed by atoms with van der Waals surface area (Å²) in [7, 11) is 0. The number of unbranched alkanes of at least 4 members (excludes halogenated alkanes) is 1. The van der Waals surface area contributed by atoms with Crippen LogP contribution < -0.4 is 0 Å². The summed E-state index contributed by atoms with van der Waals surface area (Å²) in [5.74, 6) is 0.0717. The second-order valence-electron chi connectivity index (χ2n) is 6.47. The van der Waals surface area contributed by atoms with E-state index >= 15 is 0 Å². The standard InChI is InChI=1S/C14H26O3/c1-13(2,3)11(15)9-7-8-10-12(16)17-14(4,5)6/h7-10H2,1-6H3. The highest BCUT2D eigenvalue weighted by Gasteiger charge is 2.20. The van der Waals surface area contributed by atoms with E-state index in [1.807, 2.05) is 41.5 Å². The summed E-state index contributed by atoms with van der Waals surface area (Å²) in [5.41, 5.74) is -0.690. The number of rotatable bonds is 5. The smallest absolute Gasteiger partial charge is 0.306 e. The molecule has 100 valence electrons. The summed E-state index contributed by atoms with van der Waals surface area (Å²) >= 11 is 0. The third kappa shape index (κ3) is 8.90. The van der Waals surface area contributed by atoms with E-state index in [0.29, 0.717) is 12.8 Å². The Morgan fingerprint density at radius 1 is 0.882 bits per heavy atom. The van der Waals surface area contributed by atoms with Crippen LogP contribution in [-0.2, 0) is 14.3 Å². The Labute approximate surface area is 105 Å². The Morgan fingerprint density at radius 3 is 1.76 bits per heavy atom. The maximum absolute atomic E-state index is 11.6. The summed E-state index contributed by atoms with van der Waals surface area (Å²) in [4.78, 5) is 23.0. The van der Waals surface area contributed by atoms with E-state index in [4.69, 9.17) is 4.74 Å². The van der Waals surface area contributed by atoms with Gasteiger partial charge in [0.25, 0.3) is 0 Å². The lowest BCUT2D eigenvalue weighted by Crippen LogP contribution is -2.23. The summed E-state index contributed by atoms with van der Waals surface area (Å²) in [6.45, 7) is 11.3. The highest BCUT2D eigenvalue weighted by molar-refractivity contribution is 5.83. The molecule has 0 amide bonds. The average Bonchev–Trinajstić information content (AvgIpc) is 2.07. The molecule has 3 nitrogen and oxygen atoms in total. The fourth-order valence-electron chi connectivity index (χ4n) is 1.32. The zero-order valence-electron chi connectivity index (χ0n) is 12.1. The molecule has 0 N–H and O–H groups in total. The molecule has 17 heavy (non-hydrogen) atoms. The van der Waals surface area contributed by atoms with Crippen LogP contribution in [0, 0.1) is 5.41 Å². The van der Waals surface area contributed by atoms with Gasteiger partial charge in [0.2, 0.25) is 0 Å². The SMILES string of the molecule is CC(C)(C)OC(=O)CCCCC(=O)C(C)(C)C. The van der Waals surface area contributed by atoms with Crippen LogP contribution in [0.25, 0.3) is 0 Å². The molecule has 0 atom stereocenters. The first-order valence-electron chi connectivity index (χ1n) is 6.27. The number of carbonyl (C=O) groups is 2. The zero-order valence-corrected chi connectivity index (χ0v) is 12.1. The van der Waals surface area contributed by atoms with Crippen LogP contribution in [0.4, 0.5) is 0 Å². The largest absolute Gasteiger partial charge is 0.460 e. The third-order valence-corrected chi connectivity index (χ3v) is 2.29. The van der Waals surface area contributed by atoms with E-state index in [2.05, 4.69) is 0 Å². The van der Waals surface area contributed by atoms with Crippen LogP contribution in [0.3, 0.4) is 0 Å². The number of ether oxygens (including phenoxy) is 1. The first kappa shape index (κ1) is 16.1. The summed E-state index contributed by atoms with van der Waals surface area (Å²) in [6, 6.07) is 0. The number of carbonyl (C=O) groups excluding carboxylic acids is 2. The minimum Gasteiger partial charge on any atom is -0.460 e. The molecule has 0 heterocycles. The van der Waals surface area contributed by atoms with Crippen molar-refractivity contribution >= 4 is 11.8 Å². The predicted octanol–water partition coefficient (Wildman–Crippen LogP) is 3.50. The molecular formula is C14H26O3. The van der Waals surface area contributed by atoms with Gasteiger partial charge < -0.3 is 4.74 Å². The molecule has 0 aliphatic rings. The Kier molecular flexibility index (Phi) is 5.86. The number of Topliss-reactive ketones (excluding diaryl/α,β-unsaturated/α-hetero) is 1. The van der Waals surface area contributed by atoms with E-state index in [1.165, 1.54) is 0 Å². The first-order valence-corrected chi connectivity index (χ1v) is 6.27. The van der Waals surface area contributed by atoms with Crippen molar-refractivity contribution in [3.63, 3.8) is 0 Å². The molecule has 0 aliphatic carbocycles. The van der Waals surface area contributed by atoms with Gasteiger partial charge in [0.05, 0.1) is 0 Å². The topological polar surface area (TPSA) is 43.4 Å². The summed E-state index contributed by atoms with van der Waals surface area (Å²) in [6.07, 6.45) is 2.42. The molecule has 0 aromatic carbocycles. The fourth-order valence-corrected chi connectivity index (χ4v) is 1.32. The number of ketones is 1. The van der Waals surface area contributed by atoms with Crippen LogP contribution in [0.5, 0.6) is 0 Å². The highest BCUT2D eigenvalue weighted by atomic mass is 16.6. The van der Waals surface area contributed by atoms with Crippen LogP contribution in [0.1, 0.15) is 67.2 Å². The molecule has 0 spiro atoms. The Balaban J connectivity index is 3.73. The van der Waals surface area contributed by atoms with Gasteiger partial charge in [-0.25, -0.2) is 0 Å². The minimum atomic E-state index is -0.418. The monoisotopic (exact) mass is 242 g/mol. The van der Waals surface area contributed by atoms with E-state index in [9.17, 15) is 9.59 Å². The van der Waals surface area contributed by atoms with Crippen molar-refractivity contribution in [2.75, 3.05) is 0 Å². The van der Waals surface area contributed by atoms with Crippen LogP contribution in [0.2, 0.25) is 0 Å². The van der Waals surface area contributed by atoms with Gasteiger partial charge in [-0.3, -0.25) is 9.59 Å². The third-order valence-electron chi connectivity index (χ3n) is 2.29. The van der Waals surface area contributed by atoms with Gasteiger partial charge in [0.1, 0.15) is 11.4 Å². The molecule has 0 unspecified atom stereocenters. The molecule has 0 aromatic heterocycles. The highest BCUT2D eigenvalue weighted by Crippen LogP contribution is 2.19. The van der Waals surface area contributed by atoms with E-state index in [-0.39, 0.29) is 17.2 Å². The van der Waals surface area contributed by atoms with E-state index < -0.39 is 5.60 Å². The quantitative estimate of drug-likeness (QED) is 0.547. The lowest BCUT2D eigenvalue weighted by atomic mass is 9.88. The second kappa shape index (κ2) is 6.18. The molecule has 0 saturated heterocycles.